The lowest BCUT2D eigenvalue weighted by Crippen LogP contribution is -2.27. The summed E-state index contributed by atoms with van der Waals surface area (Å²) in [4.78, 5) is 7.02. The van der Waals surface area contributed by atoms with Crippen LogP contribution in [0.1, 0.15) is 26.2 Å². The van der Waals surface area contributed by atoms with Crippen molar-refractivity contribution in [2.24, 2.45) is 5.92 Å². The van der Waals surface area contributed by atoms with Crippen LogP contribution >= 0.6 is 0 Å². The molecule has 1 aromatic heterocycles. The molecule has 2 rings (SSSR count). The molecule has 1 N–H and O–H groups in total. The molecule has 0 radical (unpaired) electrons. The number of aromatic nitrogens is 1. The second-order valence-electron chi connectivity index (χ2n) is 4.52. The Bertz CT molecular complexity index is 334. The van der Waals surface area contributed by atoms with Gasteiger partial charge in [0, 0.05) is 20.1 Å². The maximum atomic E-state index is 4.61. The molecule has 0 aliphatic heterocycles. The zero-order valence-electron chi connectivity index (χ0n) is 10.2. The average Bonchev–Trinajstić information content (AvgIpc) is 3.12. The molecule has 1 saturated carbocycles. The predicted molar refractivity (Wildman–Crippen MR) is 69.0 cm³/mol. The summed E-state index contributed by atoms with van der Waals surface area (Å²) in [7, 11) is 1.91. The van der Waals surface area contributed by atoms with Crippen LogP contribution in [0, 0.1) is 5.92 Å². The Morgan fingerprint density at radius 3 is 2.88 bits per heavy atom. The second kappa shape index (κ2) is 5.19. The van der Waals surface area contributed by atoms with Gasteiger partial charge in [-0.2, -0.15) is 0 Å². The minimum atomic E-state index is 0.909. The van der Waals surface area contributed by atoms with Crippen molar-refractivity contribution in [3.05, 3.63) is 18.2 Å². The van der Waals surface area contributed by atoms with E-state index in [2.05, 4.69) is 34.3 Å². The molecule has 0 atom stereocenters. The molecule has 3 heteroatoms. The maximum absolute atomic E-state index is 4.61. The third-order valence-electron chi connectivity index (χ3n) is 2.98. The number of hydrogen-bond donors (Lipinski definition) is 1. The number of pyridine rings is 1. The highest BCUT2D eigenvalue weighted by molar-refractivity contribution is 5.46. The Kier molecular flexibility index (Phi) is 3.65. The van der Waals surface area contributed by atoms with Gasteiger partial charge in [0.15, 0.2) is 0 Å². The Morgan fingerprint density at radius 1 is 1.44 bits per heavy atom. The fourth-order valence-corrected chi connectivity index (χ4v) is 1.92. The van der Waals surface area contributed by atoms with Crippen LogP contribution in [0.4, 0.5) is 11.6 Å². The lowest BCUT2D eigenvalue weighted by Gasteiger charge is -2.23. The van der Waals surface area contributed by atoms with Crippen molar-refractivity contribution in [2.45, 2.75) is 26.2 Å². The van der Waals surface area contributed by atoms with E-state index >= 15 is 0 Å². The normalized spacial score (nSPS) is 14.9. The molecule has 1 fully saturated rings. The van der Waals surface area contributed by atoms with Crippen LogP contribution in [0.3, 0.4) is 0 Å². The first-order valence-corrected chi connectivity index (χ1v) is 6.23. The summed E-state index contributed by atoms with van der Waals surface area (Å²) < 4.78 is 0. The third kappa shape index (κ3) is 2.87. The molecule has 0 unspecified atom stereocenters. The highest BCUT2D eigenvalue weighted by Gasteiger charge is 2.24. The number of anilines is 2. The van der Waals surface area contributed by atoms with Gasteiger partial charge in [-0.25, -0.2) is 4.98 Å². The lowest BCUT2D eigenvalue weighted by atomic mass is 10.3. The number of rotatable bonds is 6. The van der Waals surface area contributed by atoms with E-state index in [0.717, 1.165) is 24.1 Å². The van der Waals surface area contributed by atoms with E-state index < -0.39 is 0 Å². The fourth-order valence-electron chi connectivity index (χ4n) is 1.92. The van der Waals surface area contributed by atoms with E-state index in [-0.39, 0.29) is 0 Å². The van der Waals surface area contributed by atoms with E-state index in [1.165, 1.54) is 25.8 Å². The highest BCUT2D eigenvalue weighted by atomic mass is 15.2. The molecule has 3 nitrogen and oxygen atoms in total. The van der Waals surface area contributed by atoms with Crippen LogP contribution in [0.5, 0.6) is 0 Å². The summed E-state index contributed by atoms with van der Waals surface area (Å²) >= 11 is 0. The van der Waals surface area contributed by atoms with Crippen LogP contribution in [0.25, 0.3) is 0 Å². The Labute approximate surface area is 97.9 Å². The molecule has 0 bridgehead atoms. The standard InChI is InChI=1S/C13H21N3/c1-3-9-16(10-11-7-8-11)13-6-4-5-12(14-2)15-13/h4-6,11H,3,7-10H2,1-2H3,(H,14,15). The molecule has 1 aromatic rings. The van der Waals surface area contributed by atoms with Gasteiger partial charge in [-0.3, -0.25) is 0 Å². The van der Waals surface area contributed by atoms with Crippen LogP contribution in [0.15, 0.2) is 18.2 Å². The highest BCUT2D eigenvalue weighted by Crippen LogP contribution is 2.31. The van der Waals surface area contributed by atoms with Gasteiger partial charge in [-0.1, -0.05) is 13.0 Å². The van der Waals surface area contributed by atoms with Gasteiger partial charge in [0.05, 0.1) is 0 Å². The zero-order chi connectivity index (χ0) is 11.4. The molecule has 1 aliphatic rings. The van der Waals surface area contributed by atoms with E-state index in [4.69, 9.17) is 0 Å². The van der Waals surface area contributed by atoms with Crippen molar-refractivity contribution < 1.29 is 0 Å². The van der Waals surface area contributed by atoms with E-state index in [1.54, 1.807) is 0 Å². The number of nitrogens with one attached hydrogen (secondary N) is 1. The van der Waals surface area contributed by atoms with Gasteiger partial charge in [0.1, 0.15) is 11.6 Å². The van der Waals surface area contributed by atoms with Crippen LogP contribution in [-0.4, -0.2) is 25.1 Å². The monoisotopic (exact) mass is 219 g/mol. The summed E-state index contributed by atoms with van der Waals surface area (Å²) in [5.74, 6) is 2.97. The minimum Gasteiger partial charge on any atom is -0.373 e. The first-order chi connectivity index (χ1) is 7.83. The first-order valence-electron chi connectivity index (χ1n) is 6.23. The molecular weight excluding hydrogens is 198 g/mol. The van der Waals surface area contributed by atoms with Gasteiger partial charge in [0.2, 0.25) is 0 Å². The quantitative estimate of drug-likeness (QED) is 0.797. The van der Waals surface area contributed by atoms with Gasteiger partial charge in [-0.15, -0.1) is 0 Å². The average molecular weight is 219 g/mol. The Hall–Kier alpha value is -1.25. The molecule has 0 amide bonds. The molecule has 1 heterocycles. The van der Waals surface area contributed by atoms with Crippen LogP contribution in [-0.2, 0) is 0 Å². The molecule has 1 aliphatic carbocycles. The van der Waals surface area contributed by atoms with E-state index in [1.807, 2.05) is 13.1 Å². The first kappa shape index (κ1) is 11.2. The van der Waals surface area contributed by atoms with Crippen molar-refractivity contribution >= 4 is 11.6 Å². The Balaban J connectivity index is 2.08. The molecule has 0 aromatic carbocycles. The maximum Gasteiger partial charge on any atom is 0.130 e. The van der Waals surface area contributed by atoms with Gasteiger partial charge >= 0.3 is 0 Å². The largest absolute Gasteiger partial charge is 0.373 e. The van der Waals surface area contributed by atoms with Crippen molar-refractivity contribution in [2.75, 3.05) is 30.4 Å². The van der Waals surface area contributed by atoms with Crippen molar-refractivity contribution in [1.82, 2.24) is 4.98 Å². The van der Waals surface area contributed by atoms with Crippen LogP contribution in [0.2, 0.25) is 0 Å². The number of nitrogens with zero attached hydrogens (tertiary/aromatic N) is 2. The summed E-state index contributed by atoms with van der Waals surface area (Å²) in [5, 5.41) is 3.10. The molecule has 16 heavy (non-hydrogen) atoms. The molecular formula is C13H21N3. The van der Waals surface area contributed by atoms with Gasteiger partial charge < -0.3 is 10.2 Å². The Morgan fingerprint density at radius 2 is 2.25 bits per heavy atom. The fraction of sp³-hybridized carbons (Fsp3) is 0.615. The predicted octanol–water partition coefficient (Wildman–Crippen LogP) is 2.75. The van der Waals surface area contributed by atoms with Gasteiger partial charge in [-0.05, 0) is 37.3 Å². The van der Waals surface area contributed by atoms with Crippen molar-refractivity contribution in [3.63, 3.8) is 0 Å². The lowest BCUT2D eigenvalue weighted by molar-refractivity contribution is 0.699. The van der Waals surface area contributed by atoms with Gasteiger partial charge in [0.25, 0.3) is 0 Å². The minimum absolute atomic E-state index is 0.909. The van der Waals surface area contributed by atoms with Crippen molar-refractivity contribution in [1.29, 1.82) is 0 Å². The summed E-state index contributed by atoms with van der Waals surface area (Å²) in [6, 6.07) is 6.19. The van der Waals surface area contributed by atoms with E-state index in [0.29, 0.717) is 0 Å². The topological polar surface area (TPSA) is 28.2 Å². The van der Waals surface area contributed by atoms with Crippen LogP contribution < -0.4 is 10.2 Å². The smallest absolute Gasteiger partial charge is 0.130 e. The third-order valence-corrected chi connectivity index (χ3v) is 2.98. The second-order valence-corrected chi connectivity index (χ2v) is 4.52. The summed E-state index contributed by atoms with van der Waals surface area (Å²) in [6.45, 7) is 4.51. The molecule has 88 valence electrons. The van der Waals surface area contributed by atoms with E-state index in [9.17, 15) is 0 Å². The summed E-state index contributed by atoms with van der Waals surface area (Å²) in [5.41, 5.74) is 0. The number of hydrogen-bond acceptors (Lipinski definition) is 3. The SMILES string of the molecule is CCCN(CC1CC1)c1cccc(NC)n1. The molecule has 0 saturated heterocycles. The zero-order valence-corrected chi connectivity index (χ0v) is 10.2. The molecule has 0 spiro atoms. The summed E-state index contributed by atoms with van der Waals surface area (Å²) in [6.07, 6.45) is 3.97. The van der Waals surface area contributed by atoms with Crippen molar-refractivity contribution in [3.8, 4) is 0 Å².